The molecule has 0 saturated heterocycles. The standard InChI is InChI=1S/C5H4Cl2N2/c6-5-2-1-4(9-7)3-8-5/h1-3,9H. The highest BCUT2D eigenvalue weighted by Crippen LogP contribution is 2.09. The van der Waals surface area contributed by atoms with Crippen molar-refractivity contribution in [3.05, 3.63) is 23.5 Å². The first-order chi connectivity index (χ1) is 4.33. The van der Waals surface area contributed by atoms with Crippen molar-refractivity contribution in [1.82, 2.24) is 4.98 Å². The van der Waals surface area contributed by atoms with Crippen molar-refractivity contribution in [2.75, 3.05) is 4.84 Å². The molecule has 0 saturated carbocycles. The molecule has 9 heavy (non-hydrogen) atoms. The molecule has 2 nitrogen and oxygen atoms in total. The van der Waals surface area contributed by atoms with Gasteiger partial charge in [0.25, 0.3) is 0 Å². The van der Waals surface area contributed by atoms with Crippen LogP contribution in [0.1, 0.15) is 0 Å². The van der Waals surface area contributed by atoms with Crippen LogP contribution < -0.4 is 4.84 Å². The van der Waals surface area contributed by atoms with Crippen molar-refractivity contribution >= 4 is 29.1 Å². The molecule has 0 aromatic carbocycles. The zero-order chi connectivity index (χ0) is 6.69. The lowest BCUT2D eigenvalue weighted by Gasteiger charge is -1.93. The third-order valence-electron chi connectivity index (χ3n) is 0.836. The molecule has 0 atom stereocenters. The largest absolute Gasteiger partial charge is 0.297 e. The summed E-state index contributed by atoms with van der Waals surface area (Å²) in [5.74, 6) is 0. The minimum absolute atomic E-state index is 0.464. The van der Waals surface area contributed by atoms with E-state index in [2.05, 4.69) is 9.82 Å². The van der Waals surface area contributed by atoms with Crippen LogP contribution in [0.4, 0.5) is 5.69 Å². The van der Waals surface area contributed by atoms with E-state index in [1.165, 1.54) is 0 Å². The van der Waals surface area contributed by atoms with Crippen molar-refractivity contribution in [2.45, 2.75) is 0 Å². The third-order valence-corrected chi connectivity index (χ3v) is 1.28. The van der Waals surface area contributed by atoms with Gasteiger partial charge in [-0.25, -0.2) is 4.98 Å². The highest BCUT2D eigenvalue weighted by molar-refractivity contribution is 6.29. The van der Waals surface area contributed by atoms with Crippen LogP contribution in [0.5, 0.6) is 0 Å². The molecule has 0 fully saturated rings. The summed E-state index contributed by atoms with van der Waals surface area (Å²) in [6.07, 6.45) is 1.55. The maximum absolute atomic E-state index is 5.49. The van der Waals surface area contributed by atoms with Crippen molar-refractivity contribution in [2.24, 2.45) is 0 Å². The van der Waals surface area contributed by atoms with E-state index < -0.39 is 0 Å². The summed E-state index contributed by atoms with van der Waals surface area (Å²) in [6, 6.07) is 3.40. The fourth-order valence-corrected chi connectivity index (χ4v) is 0.655. The summed E-state index contributed by atoms with van der Waals surface area (Å²) < 4.78 is 0. The number of hydrogen-bond acceptors (Lipinski definition) is 2. The second-order valence-electron chi connectivity index (χ2n) is 1.46. The molecule has 48 valence electrons. The molecule has 0 radical (unpaired) electrons. The molecule has 1 aromatic heterocycles. The number of hydrogen-bond donors (Lipinski definition) is 1. The van der Waals surface area contributed by atoms with E-state index in [0.29, 0.717) is 5.15 Å². The van der Waals surface area contributed by atoms with Crippen molar-refractivity contribution in [1.29, 1.82) is 0 Å². The van der Waals surface area contributed by atoms with Crippen molar-refractivity contribution < 1.29 is 0 Å². The topological polar surface area (TPSA) is 24.9 Å². The highest BCUT2D eigenvalue weighted by atomic mass is 35.5. The van der Waals surface area contributed by atoms with Gasteiger partial charge in [-0.1, -0.05) is 11.6 Å². The lowest BCUT2D eigenvalue weighted by Crippen LogP contribution is -1.80. The van der Waals surface area contributed by atoms with Gasteiger partial charge in [0.2, 0.25) is 0 Å². The van der Waals surface area contributed by atoms with Crippen molar-refractivity contribution in [3.63, 3.8) is 0 Å². The second-order valence-corrected chi connectivity index (χ2v) is 2.04. The van der Waals surface area contributed by atoms with Gasteiger partial charge in [-0.05, 0) is 12.1 Å². The summed E-state index contributed by atoms with van der Waals surface area (Å²) >= 11 is 10.7. The molecule has 4 heteroatoms. The van der Waals surface area contributed by atoms with Gasteiger partial charge in [-0.3, -0.25) is 4.84 Å². The predicted octanol–water partition coefficient (Wildman–Crippen LogP) is 2.30. The summed E-state index contributed by atoms with van der Waals surface area (Å²) in [5, 5.41) is 0.464. The number of aromatic nitrogens is 1. The Morgan fingerprint density at radius 2 is 2.22 bits per heavy atom. The van der Waals surface area contributed by atoms with E-state index in [4.69, 9.17) is 23.4 Å². The van der Waals surface area contributed by atoms with Gasteiger partial charge in [0.15, 0.2) is 0 Å². The molecule has 0 bridgehead atoms. The molecule has 1 aromatic rings. The summed E-state index contributed by atoms with van der Waals surface area (Å²) in [5.41, 5.74) is 0.737. The van der Waals surface area contributed by atoms with E-state index in [1.54, 1.807) is 18.3 Å². The average Bonchev–Trinajstić information content (AvgIpc) is 1.90. The van der Waals surface area contributed by atoms with Crippen LogP contribution in [-0.4, -0.2) is 4.98 Å². The molecule has 0 spiro atoms. The van der Waals surface area contributed by atoms with Crippen LogP contribution in [0.25, 0.3) is 0 Å². The molecule has 1 N–H and O–H groups in total. The number of nitrogens with one attached hydrogen (secondary N) is 1. The molecule has 0 unspecified atom stereocenters. The first-order valence-electron chi connectivity index (χ1n) is 2.31. The maximum Gasteiger partial charge on any atom is 0.129 e. The Hall–Kier alpha value is -0.470. The fraction of sp³-hybridized carbons (Fsp3) is 0. The van der Waals surface area contributed by atoms with Crippen LogP contribution in [0.3, 0.4) is 0 Å². The minimum atomic E-state index is 0.464. The van der Waals surface area contributed by atoms with Crippen LogP contribution in [0.2, 0.25) is 5.15 Å². The smallest absolute Gasteiger partial charge is 0.129 e. The van der Waals surface area contributed by atoms with Gasteiger partial charge in [0.1, 0.15) is 5.15 Å². The Kier molecular flexibility index (Phi) is 2.14. The SMILES string of the molecule is ClNc1ccc(Cl)nc1. The van der Waals surface area contributed by atoms with Gasteiger partial charge in [0, 0.05) is 11.8 Å². The normalized spacial score (nSPS) is 9.11. The third kappa shape index (κ3) is 1.73. The van der Waals surface area contributed by atoms with E-state index in [9.17, 15) is 0 Å². The maximum atomic E-state index is 5.49. The molecule has 1 rings (SSSR count). The molecular weight excluding hydrogens is 159 g/mol. The summed E-state index contributed by atoms with van der Waals surface area (Å²) in [6.45, 7) is 0. The number of rotatable bonds is 1. The van der Waals surface area contributed by atoms with E-state index in [-0.39, 0.29) is 0 Å². The Morgan fingerprint density at radius 1 is 1.44 bits per heavy atom. The van der Waals surface area contributed by atoms with E-state index in [1.807, 2.05) is 0 Å². The Morgan fingerprint density at radius 3 is 2.67 bits per heavy atom. The first kappa shape index (κ1) is 6.65. The second kappa shape index (κ2) is 2.90. The Bertz CT molecular complexity index is 185. The lowest BCUT2D eigenvalue weighted by atomic mass is 10.4. The highest BCUT2D eigenvalue weighted by Gasteiger charge is 1.87. The summed E-state index contributed by atoms with van der Waals surface area (Å²) in [7, 11) is 0. The fourth-order valence-electron chi connectivity index (χ4n) is 0.432. The minimum Gasteiger partial charge on any atom is -0.297 e. The van der Waals surface area contributed by atoms with Crippen LogP contribution in [-0.2, 0) is 0 Å². The number of nitrogens with zero attached hydrogens (tertiary/aromatic N) is 1. The molecule has 0 amide bonds. The zero-order valence-electron chi connectivity index (χ0n) is 4.44. The van der Waals surface area contributed by atoms with E-state index >= 15 is 0 Å². The molecule has 0 aliphatic carbocycles. The monoisotopic (exact) mass is 162 g/mol. The quantitative estimate of drug-likeness (QED) is 0.507. The average molecular weight is 163 g/mol. The van der Waals surface area contributed by atoms with Gasteiger partial charge < -0.3 is 0 Å². The number of halogens is 2. The van der Waals surface area contributed by atoms with Crippen LogP contribution in [0.15, 0.2) is 18.3 Å². The number of pyridine rings is 1. The van der Waals surface area contributed by atoms with Gasteiger partial charge in [-0.15, -0.1) is 0 Å². The van der Waals surface area contributed by atoms with Crippen LogP contribution >= 0.6 is 23.4 Å². The molecule has 0 aliphatic rings. The lowest BCUT2D eigenvalue weighted by molar-refractivity contribution is 1.33. The predicted molar refractivity (Wildman–Crippen MR) is 38.7 cm³/mol. The molecule has 0 aliphatic heterocycles. The van der Waals surface area contributed by atoms with Gasteiger partial charge in [0.05, 0.1) is 11.9 Å². The number of anilines is 1. The summed E-state index contributed by atoms with van der Waals surface area (Å²) in [4.78, 5) is 6.17. The Balaban J connectivity index is 2.88. The van der Waals surface area contributed by atoms with Gasteiger partial charge in [-0.2, -0.15) is 0 Å². The Labute approximate surface area is 62.9 Å². The zero-order valence-corrected chi connectivity index (χ0v) is 5.95. The van der Waals surface area contributed by atoms with Crippen molar-refractivity contribution in [3.8, 4) is 0 Å². The van der Waals surface area contributed by atoms with Crippen LogP contribution in [0, 0.1) is 0 Å². The molecular formula is C5H4Cl2N2. The first-order valence-corrected chi connectivity index (χ1v) is 3.07. The molecule has 1 heterocycles. The van der Waals surface area contributed by atoms with E-state index in [0.717, 1.165) is 5.69 Å². The van der Waals surface area contributed by atoms with Gasteiger partial charge >= 0.3 is 0 Å².